The molecule has 14 heavy (non-hydrogen) atoms. The van der Waals surface area contributed by atoms with E-state index in [0.29, 0.717) is 18.3 Å². The molecule has 1 saturated heterocycles. The Morgan fingerprint density at radius 2 is 2.43 bits per heavy atom. The lowest BCUT2D eigenvalue weighted by Crippen LogP contribution is -2.46. The van der Waals surface area contributed by atoms with Gasteiger partial charge in [-0.3, -0.25) is 4.79 Å². The van der Waals surface area contributed by atoms with E-state index in [1.165, 1.54) is 5.57 Å². The van der Waals surface area contributed by atoms with E-state index in [2.05, 4.69) is 24.4 Å². The summed E-state index contributed by atoms with van der Waals surface area (Å²) in [6.45, 7) is 2.96. The molecular formula is C11H15NO2. The molecule has 1 fully saturated rings. The average molecular weight is 193 g/mol. The Labute approximate surface area is 83.5 Å². The van der Waals surface area contributed by atoms with Crippen LogP contribution in [-0.4, -0.2) is 23.7 Å². The summed E-state index contributed by atoms with van der Waals surface area (Å²) in [6.07, 6.45) is 6.94. The number of nitrogens with one attached hydrogen (secondary N) is 1. The van der Waals surface area contributed by atoms with Gasteiger partial charge in [-0.25, -0.2) is 0 Å². The monoisotopic (exact) mass is 193 g/mol. The summed E-state index contributed by atoms with van der Waals surface area (Å²) >= 11 is 0. The van der Waals surface area contributed by atoms with Gasteiger partial charge < -0.3 is 10.4 Å². The molecule has 2 N–H and O–H groups in total. The highest BCUT2D eigenvalue weighted by molar-refractivity contribution is 5.74. The minimum absolute atomic E-state index is 0.392. The molecule has 1 heterocycles. The van der Waals surface area contributed by atoms with Crippen LogP contribution in [0.3, 0.4) is 0 Å². The van der Waals surface area contributed by atoms with Gasteiger partial charge in [0.05, 0.1) is 0 Å². The van der Waals surface area contributed by atoms with E-state index in [-0.39, 0.29) is 0 Å². The minimum atomic E-state index is -0.744. The number of hydrogen-bond acceptors (Lipinski definition) is 2. The van der Waals surface area contributed by atoms with Gasteiger partial charge in [0, 0.05) is 6.54 Å². The first kappa shape index (κ1) is 9.46. The maximum Gasteiger partial charge on any atom is 0.321 e. The predicted octanol–water partition coefficient (Wildman–Crippen LogP) is 1.18. The van der Waals surface area contributed by atoms with Crippen molar-refractivity contribution in [2.45, 2.75) is 19.4 Å². The summed E-state index contributed by atoms with van der Waals surface area (Å²) in [5, 5.41) is 12.0. The van der Waals surface area contributed by atoms with E-state index in [0.717, 1.165) is 6.54 Å². The first-order valence-electron chi connectivity index (χ1n) is 5.02. The third-order valence-corrected chi connectivity index (χ3v) is 3.16. The van der Waals surface area contributed by atoms with Crippen molar-refractivity contribution >= 4 is 5.97 Å². The highest BCUT2D eigenvalue weighted by atomic mass is 16.4. The molecule has 2 unspecified atom stereocenters. The second-order valence-corrected chi connectivity index (χ2v) is 4.10. The van der Waals surface area contributed by atoms with Gasteiger partial charge in [-0.2, -0.15) is 0 Å². The number of rotatable bonds is 1. The summed E-state index contributed by atoms with van der Waals surface area (Å²) in [5.41, 5.74) is 1.28. The van der Waals surface area contributed by atoms with Crippen LogP contribution in [0.4, 0.5) is 0 Å². The Morgan fingerprint density at radius 1 is 1.64 bits per heavy atom. The van der Waals surface area contributed by atoms with Crippen molar-refractivity contribution in [2.24, 2.45) is 11.8 Å². The van der Waals surface area contributed by atoms with Crippen molar-refractivity contribution in [1.82, 2.24) is 5.32 Å². The maximum absolute atomic E-state index is 10.8. The zero-order chi connectivity index (χ0) is 10.1. The Bertz CT molecular complexity index is 306. The number of aliphatic carboxylic acids is 1. The molecule has 76 valence electrons. The molecule has 0 aromatic rings. The van der Waals surface area contributed by atoms with Crippen LogP contribution in [0.15, 0.2) is 23.8 Å². The van der Waals surface area contributed by atoms with Crippen molar-refractivity contribution in [3.63, 3.8) is 0 Å². The molecular weight excluding hydrogens is 178 g/mol. The Balaban J connectivity index is 2.13. The van der Waals surface area contributed by atoms with Crippen LogP contribution in [0, 0.1) is 11.8 Å². The summed E-state index contributed by atoms with van der Waals surface area (Å²) in [7, 11) is 0. The van der Waals surface area contributed by atoms with Crippen LogP contribution in [0.25, 0.3) is 0 Å². The van der Waals surface area contributed by atoms with Gasteiger partial charge >= 0.3 is 5.97 Å². The standard InChI is InChI=1S/C11H15NO2/c1-7-3-2-4-8-5-10(11(13)14)12-6-9(7)8/h2-4,7,9-10,12H,5-6H2,1H3,(H,13,14)/t7?,9?,10-/m0/s1. The molecule has 3 nitrogen and oxygen atoms in total. The summed E-state index contributed by atoms with van der Waals surface area (Å²) in [5.74, 6) is 0.277. The highest BCUT2D eigenvalue weighted by Crippen LogP contribution is 2.31. The highest BCUT2D eigenvalue weighted by Gasteiger charge is 2.31. The van der Waals surface area contributed by atoms with Gasteiger partial charge in [0.1, 0.15) is 6.04 Å². The quantitative estimate of drug-likeness (QED) is 0.657. The fourth-order valence-corrected chi connectivity index (χ4v) is 2.24. The summed E-state index contributed by atoms with van der Waals surface area (Å²) in [6, 6.07) is -0.392. The normalized spacial score (nSPS) is 36.1. The fraction of sp³-hybridized carbons (Fsp3) is 0.545. The first-order valence-corrected chi connectivity index (χ1v) is 5.02. The smallest absolute Gasteiger partial charge is 0.321 e. The number of carboxylic acid groups (broad SMARTS) is 1. The van der Waals surface area contributed by atoms with Gasteiger partial charge in [-0.15, -0.1) is 0 Å². The van der Waals surface area contributed by atoms with Crippen LogP contribution >= 0.6 is 0 Å². The SMILES string of the molecule is CC1C=CC=C2C[C@@H](C(=O)O)NCC21. The van der Waals surface area contributed by atoms with Gasteiger partial charge in [-0.1, -0.05) is 30.7 Å². The van der Waals surface area contributed by atoms with Crippen LogP contribution in [0.2, 0.25) is 0 Å². The van der Waals surface area contributed by atoms with Crippen molar-refractivity contribution in [1.29, 1.82) is 0 Å². The van der Waals surface area contributed by atoms with Crippen LogP contribution in [0.1, 0.15) is 13.3 Å². The van der Waals surface area contributed by atoms with Crippen LogP contribution in [0.5, 0.6) is 0 Å². The third kappa shape index (κ3) is 1.60. The molecule has 2 aliphatic rings. The molecule has 3 atom stereocenters. The first-order chi connectivity index (χ1) is 6.68. The zero-order valence-corrected chi connectivity index (χ0v) is 8.23. The van der Waals surface area contributed by atoms with Gasteiger partial charge in [0.2, 0.25) is 0 Å². The molecule has 0 bridgehead atoms. The number of hydrogen-bond donors (Lipinski definition) is 2. The molecule has 2 rings (SSSR count). The number of piperidine rings is 1. The molecule has 0 spiro atoms. The van der Waals surface area contributed by atoms with Gasteiger partial charge in [0.15, 0.2) is 0 Å². The predicted molar refractivity (Wildman–Crippen MR) is 53.9 cm³/mol. The largest absolute Gasteiger partial charge is 0.480 e. The van der Waals surface area contributed by atoms with Crippen LogP contribution in [-0.2, 0) is 4.79 Å². The van der Waals surface area contributed by atoms with Gasteiger partial charge in [0.25, 0.3) is 0 Å². The lowest BCUT2D eigenvalue weighted by atomic mass is 9.78. The average Bonchev–Trinajstić information content (AvgIpc) is 2.17. The van der Waals surface area contributed by atoms with Crippen molar-refractivity contribution in [3.05, 3.63) is 23.8 Å². The number of carboxylic acids is 1. The topological polar surface area (TPSA) is 49.3 Å². The lowest BCUT2D eigenvalue weighted by Gasteiger charge is -2.34. The molecule has 1 aliphatic carbocycles. The molecule has 0 amide bonds. The third-order valence-electron chi connectivity index (χ3n) is 3.16. The lowest BCUT2D eigenvalue weighted by molar-refractivity contribution is -0.139. The molecule has 1 aliphatic heterocycles. The number of fused-ring (bicyclic) bond motifs is 1. The maximum atomic E-state index is 10.8. The molecule has 3 heteroatoms. The van der Waals surface area contributed by atoms with E-state index in [4.69, 9.17) is 5.11 Å². The Kier molecular flexibility index (Phi) is 2.42. The van der Waals surface area contributed by atoms with Crippen molar-refractivity contribution < 1.29 is 9.90 Å². The fourth-order valence-electron chi connectivity index (χ4n) is 2.24. The molecule has 0 radical (unpaired) electrons. The van der Waals surface area contributed by atoms with Crippen molar-refractivity contribution in [3.8, 4) is 0 Å². The van der Waals surface area contributed by atoms with E-state index in [1.54, 1.807) is 0 Å². The second-order valence-electron chi connectivity index (χ2n) is 4.10. The van der Waals surface area contributed by atoms with Gasteiger partial charge in [-0.05, 0) is 18.3 Å². The molecule has 0 saturated carbocycles. The second kappa shape index (κ2) is 3.58. The van der Waals surface area contributed by atoms with E-state index in [9.17, 15) is 4.79 Å². The summed E-state index contributed by atoms with van der Waals surface area (Å²) in [4.78, 5) is 10.8. The molecule has 0 aromatic carbocycles. The minimum Gasteiger partial charge on any atom is -0.480 e. The zero-order valence-electron chi connectivity index (χ0n) is 8.23. The van der Waals surface area contributed by atoms with Crippen molar-refractivity contribution in [2.75, 3.05) is 6.54 Å². The van der Waals surface area contributed by atoms with Crippen LogP contribution < -0.4 is 5.32 Å². The molecule has 0 aromatic heterocycles. The number of allylic oxidation sites excluding steroid dienone is 3. The van der Waals surface area contributed by atoms with E-state index in [1.807, 2.05) is 6.08 Å². The Hall–Kier alpha value is -1.09. The van der Waals surface area contributed by atoms with E-state index < -0.39 is 12.0 Å². The number of carbonyl (C=O) groups is 1. The Morgan fingerprint density at radius 3 is 3.14 bits per heavy atom. The summed E-state index contributed by atoms with van der Waals surface area (Å²) < 4.78 is 0. The van der Waals surface area contributed by atoms with E-state index >= 15 is 0 Å².